The molecule has 1 aromatic heterocycles. The molecule has 0 atom stereocenters. The minimum Gasteiger partial charge on any atom is -0.379 e. The van der Waals surface area contributed by atoms with Gasteiger partial charge in [-0.25, -0.2) is 13.4 Å². The van der Waals surface area contributed by atoms with Crippen molar-refractivity contribution >= 4 is 20.9 Å². The average molecular weight is 371 g/mol. The van der Waals surface area contributed by atoms with Gasteiger partial charge in [-0.15, -0.1) is 0 Å². The third-order valence-electron chi connectivity index (χ3n) is 4.34. The number of aromatic amines is 1. The number of nitrogens with zero attached hydrogens (tertiary/aromatic N) is 2. The van der Waals surface area contributed by atoms with Crippen molar-refractivity contribution in [3.05, 3.63) is 58.9 Å². The van der Waals surface area contributed by atoms with Crippen molar-refractivity contribution in [2.24, 2.45) is 0 Å². The molecule has 1 aliphatic rings. The number of para-hydroxylation sites is 1. The normalized spacial score (nSPS) is 16.0. The van der Waals surface area contributed by atoms with Gasteiger partial charge in [-0.2, -0.15) is 4.31 Å². The summed E-state index contributed by atoms with van der Waals surface area (Å²) in [5.74, 6) is 0.237. The summed E-state index contributed by atoms with van der Waals surface area (Å²) < 4.78 is 32.8. The van der Waals surface area contributed by atoms with Crippen LogP contribution in [0.3, 0.4) is 0 Å². The predicted molar refractivity (Wildman–Crippen MR) is 97.4 cm³/mol. The van der Waals surface area contributed by atoms with E-state index in [9.17, 15) is 13.2 Å². The maximum atomic E-state index is 13.1. The number of aromatic nitrogens is 2. The quantitative estimate of drug-likeness (QED) is 0.755. The van der Waals surface area contributed by atoms with Crippen molar-refractivity contribution in [1.82, 2.24) is 14.3 Å². The number of fused-ring (bicyclic) bond motifs is 1. The van der Waals surface area contributed by atoms with Gasteiger partial charge in [0.05, 0.1) is 29.0 Å². The zero-order valence-electron chi connectivity index (χ0n) is 13.9. The van der Waals surface area contributed by atoms with E-state index in [0.717, 1.165) is 0 Å². The van der Waals surface area contributed by atoms with Gasteiger partial charge < -0.3 is 9.72 Å². The number of hydrogen-bond acceptors (Lipinski definition) is 5. The summed E-state index contributed by atoms with van der Waals surface area (Å²) in [4.78, 5) is 19.7. The molecular weight excluding hydrogens is 354 g/mol. The molecular formula is C18H17N3O4S. The molecule has 1 fully saturated rings. The van der Waals surface area contributed by atoms with E-state index < -0.39 is 10.0 Å². The Morgan fingerprint density at radius 1 is 1.00 bits per heavy atom. The number of rotatable bonds is 3. The largest absolute Gasteiger partial charge is 0.379 e. The van der Waals surface area contributed by atoms with Crippen molar-refractivity contribution in [3.63, 3.8) is 0 Å². The fraction of sp³-hybridized carbons (Fsp3) is 0.222. The topological polar surface area (TPSA) is 92.4 Å². The molecule has 8 heteroatoms. The van der Waals surface area contributed by atoms with E-state index >= 15 is 0 Å². The Morgan fingerprint density at radius 2 is 1.69 bits per heavy atom. The lowest BCUT2D eigenvalue weighted by Crippen LogP contribution is -2.40. The summed E-state index contributed by atoms with van der Waals surface area (Å²) in [6, 6.07) is 13.5. The van der Waals surface area contributed by atoms with E-state index in [0.29, 0.717) is 42.8 Å². The van der Waals surface area contributed by atoms with Crippen LogP contribution < -0.4 is 5.56 Å². The minimum atomic E-state index is -3.72. The van der Waals surface area contributed by atoms with Gasteiger partial charge in [0.15, 0.2) is 0 Å². The van der Waals surface area contributed by atoms with Gasteiger partial charge in [0.25, 0.3) is 5.56 Å². The van der Waals surface area contributed by atoms with Crippen molar-refractivity contribution in [2.45, 2.75) is 4.90 Å². The van der Waals surface area contributed by atoms with E-state index in [1.165, 1.54) is 10.4 Å². The van der Waals surface area contributed by atoms with Crippen LogP contribution in [0.25, 0.3) is 22.3 Å². The van der Waals surface area contributed by atoms with E-state index in [1.807, 2.05) is 0 Å². The first-order chi connectivity index (χ1) is 12.6. The smallest absolute Gasteiger partial charge is 0.259 e. The molecule has 1 aliphatic heterocycles. The fourth-order valence-corrected chi connectivity index (χ4v) is 4.63. The number of benzene rings is 2. The molecule has 4 rings (SSSR count). The molecule has 0 spiro atoms. The molecule has 0 unspecified atom stereocenters. The second-order valence-corrected chi connectivity index (χ2v) is 7.85. The Morgan fingerprint density at radius 3 is 2.50 bits per heavy atom. The zero-order chi connectivity index (χ0) is 18.1. The molecule has 0 aliphatic carbocycles. The molecule has 0 radical (unpaired) electrons. The Kier molecular flexibility index (Phi) is 4.31. The molecule has 0 saturated carbocycles. The van der Waals surface area contributed by atoms with Gasteiger partial charge >= 0.3 is 0 Å². The summed E-state index contributed by atoms with van der Waals surface area (Å²) in [5, 5.41) is 0.463. The van der Waals surface area contributed by atoms with Crippen LogP contribution in [0.1, 0.15) is 0 Å². The van der Waals surface area contributed by atoms with Gasteiger partial charge in [0.1, 0.15) is 5.82 Å². The molecule has 3 aromatic rings. The Labute approximate surface area is 150 Å². The third-order valence-corrected chi connectivity index (χ3v) is 6.30. The summed E-state index contributed by atoms with van der Waals surface area (Å²) in [6.45, 7) is 1.34. The van der Waals surface area contributed by atoms with Gasteiger partial charge in [0, 0.05) is 18.7 Å². The average Bonchev–Trinajstić information content (AvgIpc) is 2.68. The molecule has 26 heavy (non-hydrogen) atoms. The second kappa shape index (κ2) is 6.64. The van der Waals surface area contributed by atoms with Crippen molar-refractivity contribution in [3.8, 4) is 11.4 Å². The second-order valence-electron chi connectivity index (χ2n) is 5.94. The fourth-order valence-electron chi connectivity index (χ4n) is 3.03. The molecule has 2 aromatic carbocycles. The lowest BCUT2D eigenvalue weighted by atomic mass is 10.2. The van der Waals surface area contributed by atoms with E-state index in [4.69, 9.17) is 4.74 Å². The summed E-state index contributed by atoms with van der Waals surface area (Å²) >= 11 is 0. The number of nitrogens with one attached hydrogen (secondary N) is 1. The highest BCUT2D eigenvalue weighted by atomic mass is 32.2. The van der Waals surface area contributed by atoms with Crippen molar-refractivity contribution < 1.29 is 13.2 Å². The molecule has 0 amide bonds. The van der Waals surface area contributed by atoms with E-state index in [1.54, 1.807) is 42.5 Å². The van der Waals surface area contributed by atoms with E-state index in [2.05, 4.69) is 9.97 Å². The molecule has 134 valence electrons. The number of ether oxygens (including phenoxy) is 1. The number of hydrogen-bond donors (Lipinski definition) is 1. The van der Waals surface area contributed by atoms with Crippen LogP contribution in [0.4, 0.5) is 0 Å². The molecule has 1 N–H and O–H groups in total. The highest BCUT2D eigenvalue weighted by molar-refractivity contribution is 7.89. The first-order valence-corrected chi connectivity index (χ1v) is 9.68. The Hall–Kier alpha value is -2.55. The highest BCUT2D eigenvalue weighted by Gasteiger charge is 2.29. The third kappa shape index (κ3) is 2.92. The SMILES string of the molecule is O=c1[nH]c(-c2ccccc2S(=O)(=O)N2CCOCC2)nc2ccccc12. The molecule has 7 nitrogen and oxygen atoms in total. The van der Waals surface area contributed by atoms with Crippen LogP contribution in [0.5, 0.6) is 0 Å². The molecule has 1 saturated heterocycles. The lowest BCUT2D eigenvalue weighted by Gasteiger charge is -2.26. The van der Waals surface area contributed by atoms with Crippen LogP contribution in [-0.4, -0.2) is 49.0 Å². The van der Waals surface area contributed by atoms with Gasteiger partial charge in [0.2, 0.25) is 10.0 Å². The van der Waals surface area contributed by atoms with Crippen LogP contribution in [-0.2, 0) is 14.8 Å². The number of morpholine rings is 1. The molecule has 0 bridgehead atoms. The summed E-state index contributed by atoms with van der Waals surface area (Å²) in [7, 11) is -3.72. The van der Waals surface area contributed by atoms with Crippen LogP contribution in [0.15, 0.2) is 58.2 Å². The standard InChI is InChI=1S/C18H17N3O4S/c22-18-13-5-1-3-7-15(13)19-17(20-18)14-6-2-4-8-16(14)26(23,24)21-9-11-25-12-10-21/h1-8H,9-12H2,(H,19,20,22). The maximum Gasteiger partial charge on any atom is 0.259 e. The first-order valence-electron chi connectivity index (χ1n) is 8.24. The van der Waals surface area contributed by atoms with Crippen LogP contribution >= 0.6 is 0 Å². The minimum absolute atomic E-state index is 0.125. The summed E-state index contributed by atoms with van der Waals surface area (Å²) in [6.07, 6.45) is 0. The van der Waals surface area contributed by atoms with E-state index in [-0.39, 0.29) is 16.3 Å². The first kappa shape index (κ1) is 16.9. The lowest BCUT2D eigenvalue weighted by molar-refractivity contribution is 0.0730. The number of sulfonamides is 1. The van der Waals surface area contributed by atoms with Gasteiger partial charge in [-0.05, 0) is 24.3 Å². The monoisotopic (exact) mass is 371 g/mol. The predicted octanol–water partition coefficient (Wildman–Crippen LogP) is 1.61. The maximum absolute atomic E-state index is 13.1. The van der Waals surface area contributed by atoms with Crippen molar-refractivity contribution in [1.29, 1.82) is 0 Å². The van der Waals surface area contributed by atoms with Crippen LogP contribution in [0, 0.1) is 0 Å². The highest BCUT2D eigenvalue weighted by Crippen LogP contribution is 2.27. The Balaban J connectivity index is 1.88. The van der Waals surface area contributed by atoms with Gasteiger partial charge in [-0.1, -0.05) is 24.3 Å². The number of H-pyrrole nitrogens is 1. The summed E-state index contributed by atoms with van der Waals surface area (Å²) in [5.41, 5.74) is 0.593. The van der Waals surface area contributed by atoms with Gasteiger partial charge in [-0.3, -0.25) is 4.79 Å². The zero-order valence-corrected chi connectivity index (χ0v) is 14.7. The van der Waals surface area contributed by atoms with Crippen LogP contribution in [0.2, 0.25) is 0 Å². The van der Waals surface area contributed by atoms with Crippen molar-refractivity contribution in [2.75, 3.05) is 26.3 Å². The molecule has 2 heterocycles. The Bertz CT molecular complexity index is 1120.